The smallest absolute Gasteiger partial charge is 0.121 e. The Morgan fingerprint density at radius 1 is 1.04 bits per heavy atom. The molecule has 2 heterocycles. The van der Waals surface area contributed by atoms with Crippen molar-refractivity contribution >= 4 is 22.5 Å². The zero-order valence-electron chi connectivity index (χ0n) is 13.7. The largest absolute Gasteiger partial charge is 0.508 e. The van der Waals surface area contributed by atoms with Crippen LogP contribution in [0.3, 0.4) is 0 Å². The van der Waals surface area contributed by atoms with Gasteiger partial charge in [0.1, 0.15) is 5.75 Å². The first-order valence-corrected chi connectivity index (χ1v) is 8.76. The summed E-state index contributed by atoms with van der Waals surface area (Å²) in [4.78, 5) is 6.74. The first kappa shape index (κ1) is 16.3. The average Bonchev–Trinajstić information content (AvgIpc) is 2.65. The molecule has 128 valence electrons. The molecule has 1 fully saturated rings. The van der Waals surface area contributed by atoms with Crippen molar-refractivity contribution in [3.63, 3.8) is 0 Å². The lowest BCUT2D eigenvalue weighted by atomic mass is 9.94. The molecule has 1 atom stereocenters. The normalized spacial score (nSPS) is 16.8. The fraction of sp³-hybridized carbons (Fsp3) is 0.250. The summed E-state index contributed by atoms with van der Waals surface area (Å²) in [5.41, 5.74) is 2.67. The van der Waals surface area contributed by atoms with Crippen molar-refractivity contribution in [2.45, 2.75) is 6.04 Å². The topological polar surface area (TPSA) is 45.6 Å². The zero-order chi connectivity index (χ0) is 17.2. The Hall–Kier alpha value is -2.14. The van der Waals surface area contributed by atoms with Gasteiger partial charge in [0.05, 0.1) is 24.8 Å². The van der Waals surface area contributed by atoms with Gasteiger partial charge in [-0.15, -0.1) is 0 Å². The maximum Gasteiger partial charge on any atom is 0.121 e. The fourth-order valence-electron chi connectivity index (χ4n) is 3.44. The van der Waals surface area contributed by atoms with E-state index >= 15 is 0 Å². The van der Waals surface area contributed by atoms with Crippen molar-refractivity contribution in [3.05, 3.63) is 70.9 Å². The van der Waals surface area contributed by atoms with Crippen molar-refractivity contribution in [2.75, 3.05) is 26.3 Å². The molecule has 1 N–H and O–H groups in total. The molecule has 1 aliphatic rings. The van der Waals surface area contributed by atoms with Crippen LogP contribution in [0.2, 0.25) is 5.02 Å². The van der Waals surface area contributed by atoms with Gasteiger partial charge in [-0.3, -0.25) is 9.88 Å². The average molecular weight is 355 g/mol. The standard InChI is InChI=1S/C20H19ClN2O2/c21-17-6-2-1-5-15(17)20(23-8-10-25-11-9-23)16-13-18-14(12-19(16)24)4-3-7-22-18/h1-7,12-13,20,24H,8-11H2. The van der Waals surface area contributed by atoms with Gasteiger partial charge in [0.25, 0.3) is 0 Å². The summed E-state index contributed by atoms with van der Waals surface area (Å²) >= 11 is 6.50. The van der Waals surface area contributed by atoms with Gasteiger partial charge in [-0.25, -0.2) is 0 Å². The Morgan fingerprint density at radius 3 is 2.64 bits per heavy atom. The van der Waals surface area contributed by atoms with E-state index < -0.39 is 0 Å². The molecule has 1 unspecified atom stereocenters. The number of phenols is 1. The van der Waals surface area contributed by atoms with Gasteiger partial charge < -0.3 is 9.84 Å². The van der Waals surface area contributed by atoms with E-state index in [1.165, 1.54) is 0 Å². The number of halogens is 1. The highest BCUT2D eigenvalue weighted by Crippen LogP contribution is 2.39. The Balaban J connectivity index is 1.88. The van der Waals surface area contributed by atoms with Gasteiger partial charge in [-0.1, -0.05) is 35.9 Å². The first-order valence-electron chi connectivity index (χ1n) is 8.38. The molecule has 4 rings (SSSR count). The number of rotatable bonds is 3. The molecule has 0 amide bonds. The Morgan fingerprint density at radius 2 is 1.84 bits per heavy atom. The number of pyridine rings is 1. The van der Waals surface area contributed by atoms with Gasteiger partial charge in [-0.05, 0) is 29.8 Å². The highest BCUT2D eigenvalue weighted by Gasteiger charge is 2.28. The maximum atomic E-state index is 10.7. The highest BCUT2D eigenvalue weighted by atomic mass is 35.5. The first-order chi connectivity index (χ1) is 12.2. The minimum atomic E-state index is -0.135. The molecule has 5 heteroatoms. The van der Waals surface area contributed by atoms with E-state index in [1.807, 2.05) is 42.5 Å². The van der Waals surface area contributed by atoms with E-state index in [0.29, 0.717) is 18.2 Å². The predicted octanol–water partition coefficient (Wildman–Crippen LogP) is 4.02. The van der Waals surface area contributed by atoms with Crippen molar-refractivity contribution in [3.8, 4) is 5.75 Å². The third kappa shape index (κ3) is 3.21. The maximum absolute atomic E-state index is 10.7. The number of aromatic hydroxyl groups is 1. The minimum absolute atomic E-state index is 0.135. The third-order valence-electron chi connectivity index (χ3n) is 4.66. The molecular weight excluding hydrogens is 336 g/mol. The second-order valence-corrected chi connectivity index (χ2v) is 6.59. The number of fused-ring (bicyclic) bond motifs is 1. The van der Waals surface area contributed by atoms with Crippen LogP contribution in [0.15, 0.2) is 54.7 Å². The van der Waals surface area contributed by atoms with Crippen LogP contribution in [-0.4, -0.2) is 41.3 Å². The summed E-state index contributed by atoms with van der Waals surface area (Å²) in [6.07, 6.45) is 1.77. The van der Waals surface area contributed by atoms with E-state index in [9.17, 15) is 5.11 Å². The quantitative estimate of drug-likeness (QED) is 0.771. The van der Waals surface area contributed by atoms with Gasteiger partial charge in [0, 0.05) is 35.3 Å². The molecular formula is C20H19ClN2O2. The summed E-state index contributed by atoms with van der Waals surface area (Å²) in [6.45, 7) is 2.92. The molecule has 0 radical (unpaired) electrons. The van der Waals surface area contributed by atoms with Crippen molar-refractivity contribution in [2.24, 2.45) is 0 Å². The Bertz CT molecular complexity index is 894. The van der Waals surface area contributed by atoms with E-state index in [2.05, 4.69) is 9.88 Å². The monoisotopic (exact) mass is 354 g/mol. The zero-order valence-corrected chi connectivity index (χ0v) is 14.5. The summed E-state index contributed by atoms with van der Waals surface area (Å²) in [6, 6.07) is 15.2. The number of morpholine rings is 1. The van der Waals surface area contributed by atoms with Crippen molar-refractivity contribution < 1.29 is 9.84 Å². The number of phenolic OH excluding ortho intramolecular Hbond substituents is 1. The summed E-state index contributed by atoms with van der Waals surface area (Å²) in [5, 5.41) is 12.3. The van der Waals surface area contributed by atoms with Crippen LogP contribution in [0.5, 0.6) is 5.75 Å². The molecule has 1 aliphatic heterocycles. The number of benzene rings is 2. The van der Waals surface area contributed by atoms with Gasteiger partial charge in [-0.2, -0.15) is 0 Å². The molecule has 4 nitrogen and oxygen atoms in total. The Kier molecular flexibility index (Phi) is 4.57. The van der Waals surface area contributed by atoms with Crippen LogP contribution in [0.4, 0.5) is 0 Å². The van der Waals surface area contributed by atoms with E-state index in [0.717, 1.165) is 35.1 Å². The van der Waals surface area contributed by atoms with Crippen LogP contribution >= 0.6 is 11.6 Å². The lowest BCUT2D eigenvalue weighted by Crippen LogP contribution is -2.39. The van der Waals surface area contributed by atoms with E-state index in [4.69, 9.17) is 16.3 Å². The predicted molar refractivity (Wildman–Crippen MR) is 99.1 cm³/mol. The van der Waals surface area contributed by atoms with Crippen LogP contribution in [0.1, 0.15) is 17.2 Å². The van der Waals surface area contributed by atoms with Gasteiger partial charge in [0.15, 0.2) is 0 Å². The van der Waals surface area contributed by atoms with Crippen molar-refractivity contribution in [1.29, 1.82) is 0 Å². The number of hydrogen-bond donors (Lipinski definition) is 1. The lowest BCUT2D eigenvalue weighted by molar-refractivity contribution is 0.0236. The van der Waals surface area contributed by atoms with E-state index in [-0.39, 0.29) is 11.8 Å². The number of aromatic nitrogens is 1. The number of ether oxygens (including phenoxy) is 1. The van der Waals surface area contributed by atoms with E-state index in [1.54, 1.807) is 12.3 Å². The molecule has 1 saturated heterocycles. The second-order valence-electron chi connectivity index (χ2n) is 6.18. The molecule has 1 aromatic heterocycles. The molecule has 0 bridgehead atoms. The molecule has 0 spiro atoms. The third-order valence-corrected chi connectivity index (χ3v) is 5.00. The molecule has 3 aromatic rings. The summed E-state index contributed by atoms with van der Waals surface area (Å²) in [7, 11) is 0. The van der Waals surface area contributed by atoms with Crippen LogP contribution in [-0.2, 0) is 4.74 Å². The summed E-state index contributed by atoms with van der Waals surface area (Å²) in [5.74, 6) is 0.261. The van der Waals surface area contributed by atoms with Gasteiger partial charge >= 0.3 is 0 Å². The summed E-state index contributed by atoms with van der Waals surface area (Å²) < 4.78 is 5.50. The molecule has 2 aromatic carbocycles. The fourth-order valence-corrected chi connectivity index (χ4v) is 3.68. The van der Waals surface area contributed by atoms with Gasteiger partial charge in [0.2, 0.25) is 0 Å². The minimum Gasteiger partial charge on any atom is -0.508 e. The molecule has 0 saturated carbocycles. The SMILES string of the molecule is Oc1cc2cccnc2cc1C(c1ccccc1Cl)N1CCOCC1. The Labute approximate surface area is 151 Å². The van der Waals surface area contributed by atoms with Crippen LogP contribution in [0, 0.1) is 0 Å². The highest BCUT2D eigenvalue weighted by molar-refractivity contribution is 6.31. The second kappa shape index (κ2) is 7.00. The van der Waals surface area contributed by atoms with Crippen LogP contribution < -0.4 is 0 Å². The number of nitrogens with zero attached hydrogens (tertiary/aromatic N) is 2. The van der Waals surface area contributed by atoms with Crippen LogP contribution in [0.25, 0.3) is 10.9 Å². The molecule has 25 heavy (non-hydrogen) atoms. The molecule has 0 aliphatic carbocycles. The van der Waals surface area contributed by atoms with Crippen molar-refractivity contribution in [1.82, 2.24) is 9.88 Å². The lowest BCUT2D eigenvalue weighted by Gasteiger charge is -2.35. The number of hydrogen-bond acceptors (Lipinski definition) is 4.